The fourth-order valence-electron chi connectivity index (χ4n) is 0. The summed E-state index contributed by atoms with van der Waals surface area (Å²) in [5, 5.41) is 0. The van der Waals surface area contributed by atoms with Gasteiger partial charge in [-0.05, 0) is 0 Å². The summed E-state index contributed by atoms with van der Waals surface area (Å²) in [7, 11) is 0. The second-order valence-electron chi connectivity index (χ2n) is 0. The summed E-state index contributed by atoms with van der Waals surface area (Å²) in [4.78, 5) is 0. The van der Waals surface area contributed by atoms with Gasteiger partial charge in [-0.2, -0.15) is 0 Å². The third-order valence-electron chi connectivity index (χ3n) is 0. The summed E-state index contributed by atoms with van der Waals surface area (Å²) in [6.45, 7) is 0. The maximum absolute atomic E-state index is 0. The summed E-state index contributed by atoms with van der Waals surface area (Å²) >= 11 is 0. The van der Waals surface area contributed by atoms with Gasteiger partial charge in [0.05, 0.1) is 0 Å². The Morgan fingerprint density at radius 1 is 1.00 bits per heavy atom. The second kappa shape index (κ2) is 17.2. The maximum atomic E-state index is 0. The largest absolute Gasteiger partial charge is 0.412 e. The van der Waals surface area contributed by atoms with Crippen molar-refractivity contribution >= 4 is 0 Å². The van der Waals surface area contributed by atoms with Crippen molar-refractivity contribution in [2.45, 2.75) is 0 Å². The molecule has 1 radical (unpaired) electrons. The molecular weight excluding hydrogens is 306 g/mol. The Morgan fingerprint density at radius 3 is 1.00 bits per heavy atom. The van der Waals surface area contributed by atoms with Gasteiger partial charge in [0, 0.05) is 84.1 Å². The van der Waals surface area contributed by atoms with Crippen molar-refractivity contribution in [1.29, 1.82) is 0 Å². The molecule has 0 aromatic heterocycles. The Kier molecular flexibility index (Phi) is 128. The quantitative estimate of drug-likeness (QED) is 0.523. The second-order valence-corrected chi connectivity index (χ2v) is 0. The molecule has 4 heteroatoms. The Bertz CT molecular complexity index is 8.00. The minimum Gasteiger partial charge on any atom is -0.412 e. The number of hydrogen-bond donors (Lipinski definition) is 0. The monoisotopic (exact) mass is 305 g/mol. The third-order valence-corrected chi connectivity index (χ3v) is 0. The van der Waals surface area contributed by atoms with Crippen LogP contribution in [-0.2, 0) is 43.3 Å². The fraction of sp³-hybridized carbons (Fsp3) is 0. The Morgan fingerprint density at radius 2 is 1.00 bits per heavy atom. The zero-order valence-electron chi connectivity index (χ0n) is 1.88. The normalized spacial score (nSPS) is 0. The standard InChI is InChI=1S/Mn.Nd.H2O.Zr/h;;1H2;. The van der Waals surface area contributed by atoms with Crippen LogP contribution in [0.5, 0.6) is 0 Å². The van der Waals surface area contributed by atoms with E-state index in [1.165, 1.54) is 0 Å². The van der Waals surface area contributed by atoms with Crippen LogP contribution in [0.1, 0.15) is 0 Å². The van der Waals surface area contributed by atoms with Gasteiger partial charge in [0.25, 0.3) is 0 Å². The molecule has 0 fully saturated rings. The molecule has 0 aromatic rings. The molecule has 0 aromatic carbocycles. The molecule has 2 N–H and O–H groups in total. The summed E-state index contributed by atoms with van der Waals surface area (Å²) in [5.74, 6) is 0. The van der Waals surface area contributed by atoms with Gasteiger partial charge in [-0.1, -0.05) is 0 Å². The molecular formula is H2MnNdOZr. The molecule has 0 saturated heterocycles. The molecule has 0 heterocycles. The minimum absolute atomic E-state index is 0. The van der Waals surface area contributed by atoms with Crippen molar-refractivity contribution in [2.24, 2.45) is 0 Å². The summed E-state index contributed by atoms with van der Waals surface area (Å²) < 4.78 is 0. The summed E-state index contributed by atoms with van der Waals surface area (Å²) in [6, 6.07) is 0. The molecule has 0 amide bonds. The molecule has 4 heavy (non-hydrogen) atoms. The zero-order valence-corrected chi connectivity index (χ0v) is 8.72. The van der Waals surface area contributed by atoms with Crippen LogP contribution in [0.25, 0.3) is 0 Å². The van der Waals surface area contributed by atoms with Crippen molar-refractivity contribution in [3.8, 4) is 0 Å². The van der Waals surface area contributed by atoms with E-state index in [2.05, 4.69) is 0 Å². The van der Waals surface area contributed by atoms with Crippen LogP contribution in [-0.4, -0.2) is 5.48 Å². The van der Waals surface area contributed by atoms with Crippen LogP contribution in [0, 0.1) is 40.8 Å². The molecule has 0 spiro atoms. The molecule has 0 aliphatic heterocycles. The van der Waals surface area contributed by atoms with E-state index in [0.717, 1.165) is 0 Å². The molecule has 0 aliphatic rings. The molecule has 0 atom stereocenters. The molecule has 0 unspecified atom stereocenters. The summed E-state index contributed by atoms with van der Waals surface area (Å²) in [5.41, 5.74) is 0. The number of hydrogen-bond acceptors (Lipinski definition) is 0. The predicted octanol–water partition coefficient (Wildman–Crippen LogP) is -0.830. The van der Waals surface area contributed by atoms with Gasteiger partial charge in [0.1, 0.15) is 0 Å². The first-order valence-corrected chi connectivity index (χ1v) is 0. The van der Waals surface area contributed by atoms with E-state index in [1.54, 1.807) is 0 Å². The van der Waals surface area contributed by atoms with Crippen molar-refractivity contribution in [2.75, 3.05) is 0 Å². The van der Waals surface area contributed by atoms with E-state index >= 15 is 0 Å². The van der Waals surface area contributed by atoms with Gasteiger partial charge in [-0.15, -0.1) is 0 Å². The first-order chi connectivity index (χ1) is 0. The molecule has 0 aliphatic carbocycles. The van der Waals surface area contributed by atoms with Crippen LogP contribution in [0.3, 0.4) is 0 Å². The predicted molar refractivity (Wildman–Crippen MR) is 3.61 cm³/mol. The smallest absolute Gasteiger partial charge is 0 e. The van der Waals surface area contributed by atoms with Crippen LogP contribution >= 0.6 is 0 Å². The van der Waals surface area contributed by atoms with Crippen molar-refractivity contribution < 1.29 is 89.6 Å². The van der Waals surface area contributed by atoms with Gasteiger partial charge in [0.15, 0.2) is 0 Å². The van der Waals surface area contributed by atoms with Crippen molar-refractivity contribution in [3.63, 3.8) is 0 Å². The SMILES string of the molecule is O.[Mn].[Nd].[Zr]. The Balaban J connectivity index is 0. The number of rotatable bonds is 0. The molecule has 0 bridgehead atoms. The Labute approximate surface area is 87.7 Å². The third kappa shape index (κ3) is 8.83. The van der Waals surface area contributed by atoms with E-state index in [1.807, 2.05) is 0 Å². The molecule has 0 saturated carbocycles. The summed E-state index contributed by atoms with van der Waals surface area (Å²) in [6.07, 6.45) is 0. The van der Waals surface area contributed by atoms with Gasteiger partial charge >= 0.3 is 0 Å². The molecule has 1 nitrogen and oxygen atoms in total. The average Bonchev–Trinajstić information content (AvgIpc) is 0. The van der Waals surface area contributed by atoms with Gasteiger partial charge < -0.3 is 5.48 Å². The fourth-order valence-corrected chi connectivity index (χ4v) is 0. The van der Waals surface area contributed by atoms with Gasteiger partial charge in [-0.25, -0.2) is 0 Å². The average molecular weight is 308 g/mol. The first kappa shape index (κ1) is 29.8. The van der Waals surface area contributed by atoms with Crippen LogP contribution < -0.4 is 0 Å². The van der Waals surface area contributed by atoms with Crippen molar-refractivity contribution in [3.05, 3.63) is 0 Å². The first-order valence-electron chi connectivity index (χ1n) is 0. The van der Waals surface area contributed by atoms with E-state index in [-0.39, 0.29) is 89.6 Å². The van der Waals surface area contributed by atoms with Crippen molar-refractivity contribution in [1.82, 2.24) is 0 Å². The molecule has 23 valence electrons. The topological polar surface area (TPSA) is 31.5 Å². The van der Waals surface area contributed by atoms with E-state index < -0.39 is 0 Å². The Hall–Kier alpha value is 2.71. The maximum Gasteiger partial charge on any atom is 0 e. The minimum atomic E-state index is 0. The van der Waals surface area contributed by atoms with Gasteiger partial charge in [0.2, 0.25) is 0 Å². The molecule has 0 rings (SSSR count). The van der Waals surface area contributed by atoms with E-state index in [0.29, 0.717) is 0 Å². The van der Waals surface area contributed by atoms with Crippen LogP contribution in [0.4, 0.5) is 0 Å². The van der Waals surface area contributed by atoms with E-state index in [9.17, 15) is 0 Å². The van der Waals surface area contributed by atoms with E-state index in [4.69, 9.17) is 0 Å². The zero-order chi connectivity index (χ0) is 0. The van der Waals surface area contributed by atoms with Gasteiger partial charge in [-0.3, -0.25) is 0 Å². The van der Waals surface area contributed by atoms with Crippen LogP contribution in [0.15, 0.2) is 0 Å². The van der Waals surface area contributed by atoms with Crippen LogP contribution in [0.2, 0.25) is 0 Å².